The van der Waals surface area contributed by atoms with Crippen molar-refractivity contribution in [1.82, 2.24) is 10.6 Å². The number of carbonyl (C=O) groups is 2. The van der Waals surface area contributed by atoms with Gasteiger partial charge in [-0.1, -0.05) is 20.3 Å². The van der Waals surface area contributed by atoms with Crippen LogP contribution in [-0.4, -0.2) is 36.1 Å². The molecule has 0 aromatic heterocycles. The number of hydrogen-bond acceptors (Lipinski definition) is 3. The van der Waals surface area contributed by atoms with Crippen molar-refractivity contribution in [2.45, 2.75) is 52.5 Å². The third-order valence-corrected chi connectivity index (χ3v) is 4.08. The van der Waals surface area contributed by atoms with E-state index in [0.717, 1.165) is 25.7 Å². The van der Waals surface area contributed by atoms with Crippen LogP contribution in [-0.2, 0) is 9.59 Å². The summed E-state index contributed by atoms with van der Waals surface area (Å²) in [5, 5.41) is 15.2. The van der Waals surface area contributed by atoms with Crippen LogP contribution in [0.25, 0.3) is 0 Å². The SMILES string of the molecule is CC(C)CCNC(=O)C(C)NCC1CCCC1C(=O)O. The van der Waals surface area contributed by atoms with Gasteiger partial charge in [-0.2, -0.15) is 0 Å². The molecule has 1 aliphatic rings. The lowest BCUT2D eigenvalue weighted by molar-refractivity contribution is -0.142. The lowest BCUT2D eigenvalue weighted by Gasteiger charge is -2.20. The van der Waals surface area contributed by atoms with Crippen molar-refractivity contribution in [3.8, 4) is 0 Å². The number of carboxylic acid groups (broad SMARTS) is 1. The lowest BCUT2D eigenvalue weighted by Crippen LogP contribution is -2.45. The van der Waals surface area contributed by atoms with Gasteiger partial charge in [0, 0.05) is 6.54 Å². The molecule has 3 N–H and O–H groups in total. The van der Waals surface area contributed by atoms with Crippen LogP contribution in [0.4, 0.5) is 0 Å². The Morgan fingerprint density at radius 1 is 1.25 bits per heavy atom. The molecule has 0 radical (unpaired) electrons. The average Bonchev–Trinajstić information content (AvgIpc) is 2.83. The topological polar surface area (TPSA) is 78.4 Å². The fourth-order valence-electron chi connectivity index (χ4n) is 2.66. The van der Waals surface area contributed by atoms with Crippen LogP contribution in [0.5, 0.6) is 0 Å². The number of carbonyl (C=O) groups excluding carboxylic acids is 1. The molecule has 0 saturated heterocycles. The molecule has 5 nitrogen and oxygen atoms in total. The highest BCUT2D eigenvalue weighted by atomic mass is 16.4. The molecule has 1 amide bonds. The lowest BCUT2D eigenvalue weighted by atomic mass is 9.96. The highest BCUT2D eigenvalue weighted by molar-refractivity contribution is 5.81. The largest absolute Gasteiger partial charge is 0.481 e. The summed E-state index contributed by atoms with van der Waals surface area (Å²) < 4.78 is 0. The van der Waals surface area contributed by atoms with Gasteiger partial charge in [-0.05, 0) is 44.6 Å². The summed E-state index contributed by atoms with van der Waals surface area (Å²) in [7, 11) is 0. The van der Waals surface area contributed by atoms with Crippen molar-refractivity contribution in [2.75, 3.05) is 13.1 Å². The second-order valence-corrected chi connectivity index (χ2v) is 6.24. The van der Waals surface area contributed by atoms with Gasteiger partial charge < -0.3 is 15.7 Å². The van der Waals surface area contributed by atoms with Crippen LogP contribution in [0.2, 0.25) is 0 Å². The van der Waals surface area contributed by atoms with E-state index in [4.69, 9.17) is 5.11 Å². The van der Waals surface area contributed by atoms with E-state index in [1.165, 1.54) is 0 Å². The third kappa shape index (κ3) is 5.49. The van der Waals surface area contributed by atoms with Crippen molar-refractivity contribution in [3.63, 3.8) is 0 Å². The molecule has 3 atom stereocenters. The molecule has 1 rings (SSSR count). The van der Waals surface area contributed by atoms with Crippen LogP contribution in [0.15, 0.2) is 0 Å². The van der Waals surface area contributed by atoms with Gasteiger partial charge in [0.1, 0.15) is 0 Å². The molecule has 0 aromatic rings. The van der Waals surface area contributed by atoms with Crippen LogP contribution >= 0.6 is 0 Å². The van der Waals surface area contributed by atoms with E-state index in [2.05, 4.69) is 24.5 Å². The minimum atomic E-state index is -0.705. The predicted octanol–water partition coefficient (Wildman–Crippen LogP) is 1.63. The molecule has 0 aromatic carbocycles. The summed E-state index contributed by atoms with van der Waals surface area (Å²) in [6.07, 6.45) is 3.64. The Bertz CT molecular complexity index is 331. The van der Waals surface area contributed by atoms with E-state index in [9.17, 15) is 9.59 Å². The number of hydrogen-bond donors (Lipinski definition) is 3. The summed E-state index contributed by atoms with van der Waals surface area (Å²) >= 11 is 0. The Morgan fingerprint density at radius 3 is 2.55 bits per heavy atom. The van der Waals surface area contributed by atoms with E-state index in [0.29, 0.717) is 19.0 Å². The summed E-state index contributed by atoms with van der Waals surface area (Å²) in [5.74, 6) is -0.232. The molecule has 0 aliphatic heterocycles. The Balaban J connectivity index is 2.26. The quantitative estimate of drug-likeness (QED) is 0.633. The van der Waals surface area contributed by atoms with Crippen LogP contribution in [0.1, 0.15) is 46.5 Å². The zero-order valence-corrected chi connectivity index (χ0v) is 12.8. The maximum Gasteiger partial charge on any atom is 0.306 e. The molecular formula is C15H28N2O3. The number of aliphatic carboxylic acids is 1. The molecule has 0 bridgehead atoms. The fourth-order valence-corrected chi connectivity index (χ4v) is 2.66. The Hall–Kier alpha value is -1.10. The first kappa shape index (κ1) is 17.0. The third-order valence-electron chi connectivity index (χ3n) is 4.08. The van der Waals surface area contributed by atoms with Gasteiger partial charge in [-0.25, -0.2) is 0 Å². The van der Waals surface area contributed by atoms with E-state index in [-0.39, 0.29) is 23.8 Å². The summed E-state index contributed by atoms with van der Waals surface area (Å²) in [6, 6.07) is -0.266. The molecule has 116 valence electrons. The predicted molar refractivity (Wildman–Crippen MR) is 78.4 cm³/mol. The maximum absolute atomic E-state index is 11.9. The van der Waals surface area contributed by atoms with Gasteiger partial charge in [-0.15, -0.1) is 0 Å². The normalized spacial score (nSPS) is 23.8. The molecule has 0 spiro atoms. The van der Waals surface area contributed by atoms with E-state index in [1.54, 1.807) is 0 Å². The van der Waals surface area contributed by atoms with Crippen molar-refractivity contribution >= 4 is 11.9 Å². The number of nitrogens with one attached hydrogen (secondary N) is 2. The first-order chi connectivity index (χ1) is 9.41. The first-order valence-electron chi connectivity index (χ1n) is 7.65. The van der Waals surface area contributed by atoms with Gasteiger partial charge in [0.15, 0.2) is 0 Å². The van der Waals surface area contributed by atoms with E-state index >= 15 is 0 Å². The van der Waals surface area contributed by atoms with Crippen molar-refractivity contribution in [1.29, 1.82) is 0 Å². The summed E-state index contributed by atoms with van der Waals surface area (Å²) in [4.78, 5) is 22.9. The highest BCUT2D eigenvalue weighted by Gasteiger charge is 2.32. The highest BCUT2D eigenvalue weighted by Crippen LogP contribution is 2.31. The summed E-state index contributed by atoms with van der Waals surface area (Å²) in [5.41, 5.74) is 0. The minimum Gasteiger partial charge on any atom is -0.481 e. The zero-order chi connectivity index (χ0) is 15.1. The Labute approximate surface area is 121 Å². The van der Waals surface area contributed by atoms with E-state index in [1.807, 2.05) is 6.92 Å². The molecule has 1 aliphatic carbocycles. The Kier molecular flexibility index (Phi) is 6.99. The average molecular weight is 284 g/mol. The zero-order valence-electron chi connectivity index (χ0n) is 12.8. The maximum atomic E-state index is 11.9. The molecular weight excluding hydrogens is 256 g/mol. The first-order valence-corrected chi connectivity index (χ1v) is 7.65. The van der Waals surface area contributed by atoms with Gasteiger partial charge in [-0.3, -0.25) is 9.59 Å². The standard InChI is InChI=1S/C15H28N2O3/c1-10(2)7-8-16-14(18)11(3)17-9-12-5-4-6-13(12)15(19)20/h10-13,17H,4-9H2,1-3H3,(H,16,18)(H,19,20). The fraction of sp³-hybridized carbons (Fsp3) is 0.867. The number of carboxylic acids is 1. The molecule has 1 saturated carbocycles. The minimum absolute atomic E-state index is 0.00415. The van der Waals surface area contributed by atoms with Gasteiger partial charge in [0.2, 0.25) is 5.91 Å². The van der Waals surface area contributed by atoms with Crippen LogP contribution in [0, 0.1) is 17.8 Å². The van der Waals surface area contributed by atoms with Crippen LogP contribution < -0.4 is 10.6 Å². The number of rotatable bonds is 8. The molecule has 3 unspecified atom stereocenters. The van der Waals surface area contributed by atoms with Crippen LogP contribution in [0.3, 0.4) is 0 Å². The smallest absolute Gasteiger partial charge is 0.306 e. The molecule has 1 fully saturated rings. The van der Waals surface area contributed by atoms with E-state index < -0.39 is 5.97 Å². The van der Waals surface area contributed by atoms with Crippen molar-refractivity contribution in [2.24, 2.45) is 17.8 Å². The second kappa shape index (κ2) is 8.25. The molecule has 0 heterocycles. The van der Waals surface area contributed by atoms with Crippen molar-refractivity contribution < 1.29 is 14.7 Å². The Morgan fingerprint density at radius 2 is 1.95 bits per heavy atom. The molecule has 5 heteroatoms. The monoisotopic (exact) mass is 284 g/mol. The second-order valence-electron chi connectivity index (χ2n) is 6.24. The van der Waals surface area contributed by atoms with Gasteiger partial charge >= 0.3 is 5.97 Å². The summed E-state index contributed by atoms with van der Waals surface area (Å²) in [6.45, 7) is 7.38. The van der Waals surface area contributed by atoms with Gasteiger partial charge in [0.25, 0.3) is 0 Å². The van der Waals surface area contributed by atoms with Crippen molar-refractivity contribution in [3.05, 3.63) is 0 Å². The number of amides is 1. The molecule has 20 heavy (non-hydrogen) atoms. The van der Waals surface area contributed by atoms with Gasteiger partial charge in [0.05, 0.1) is 12.0 Å².